The number of halogens is 3. The van der Waals surface area contributed by atoms with Gasteiger partial charge in [-0.2, -0.15) is 0 Å². The van der Waals surface area contributed by atoms with E-state index in [0.29, 0.717) is 51.4 Å². The summed E-state index contributed by atoms with van der Waals surface area (Å²) in [5.41, 5.74) is 1.27. The van der Waals surface area contributed by atoms with E-state index in [0.717, 1.165) is 4.70 Å². The first-order chi connectivity index (χ1) is 17.8. The zero-order chi connectivity index (χ0) is 25.8. The second-order valence-electron chi connectivity index (χ2n) is 8.31. The first kappa shape index (κ1) is 24.1. The predicted octanol–water partition coefficient (Wildman–Crippen LogP) is 6.65. The van der Waals surface area contributed by atoms with Crippen LogP contribution in [0.2, 0.25) is 15.1 Å². The summed E-state index contributed by atoms with van der Waals surface area (Å²) in [6.07, 6.45) is 0. The summed E-state index contributed by atoms with van der Waals surface area (Å²) in [4.78, 5) is 32.7. The van der Waals surface area contributed by atoms with Gasteiger partial charge in [-0.15, -0.1) is 0 Å². The summed E-state index contributed by atoms with van der Waals surface area (Å²) in [5.74, 6) is -1.10. The van der Waals surface area contributed by atoms with Crippen molar-refractivity contribution in [1.82, 2.24) is 4.98 Å². The number of fused-ring (bicyclic) bond motifs is 2. The molecule has 7 nitrogen and oxygen atoms in total. The lowest BCUT2D eigenvalue weighted by Crippen LogP contribution is -2.29. The summed E-state index contributed by atoms with van der Waals surface area (Å²) >= 11 is 19.8. The van der Waals surface area contributed by atoms with Crippen LogP contribution in [0.4, 0.5) is 5.13 Å². The fraction of sp³-hybridized carbons (Fsp3) is 0.115. The molecule has 3 heterocycles. The zero-order valence-corrected chi connectivity index (χ0v) is 21.8. The molecule has 1 unspecified atom stereocenters. The number of aliphatic hydroxyl groups excluding tert-OH is 1. The van der Waals surface area contributed by atoms with Gasteiger partial charge in [0.2, 0.25) is 0 Å². The Morgan fingerprint density at radius 1 is 0.946 bits per heavy atom. The topological polar surface area (TPSA) is 89.0 Å². The van der Waals surface area contributed by atoms with Gasteiger partial charge in [-0.05, 0) is 54.1 Å². The molecule has 1 aromatic heterocycles. The molecule has 186 valence electrons. The number of amides is 1. The molecule has 11 heteroatoms. The summed E-state index contributed by atoms with van der Waals surface area (Å²) in [7, 11) is 0. The molecule has 1 atom stereocenters. The number of hydrogen-bond donors (Lipinski definition) is 1. The Labute approximate surface area is 229 Å². The quantitative estimate of drug-likeness (QED) is 0.168. The van der Waals surface area contributed by atoms with E-state index in [2.05, 4.69) is 4.98 Å². The van der Waals surface area contributed by atoms with Crippen LogP contribution in [0.15, 0.2) is 60.2 Å². The highest BCUT2D eigenvalue weighted by molar-refractivity contribution is 7.22. The fourth-order valence-electron chi connectivity index (χ4n) is 4.36. The minimum atomic E-state index is -1.01. The lowest BCUT2D eigenvalue weighted by Gasteiger charge is -2.23. The fourth-order valence-corrected chi connectivity index (χ4v) is 5.94. The molecule has 4 aromatic rings. The van der Waals surface area contributed by atoms with Gasteiger partial charge in [0.25, 0.3) is 5.78 Å². The zero-order valence-electron chi connectivity index (χ0n) is 18.7. The average Bonchev–Trinajstić information content (AvgIpc) is 3.42. The van der Waals surface area contributed by atoms with Gasteiger partial charge >= 0.3 is 5.91 Å². The van der Waals surface area contributed by atoms with E-state index >= 15 is 0 Å². The molecule has 6 rings (SSSR count). The molecule has 0 spiro atoms. The van der Waals surface area contributed by atoms with Crippen LogP contribution in [0.1, 0.15) is 17.2 Å². The maximum atomic E-state index is 13.4. The second kappa shape index (κ2) is 9.22. The number of rotatable bonds is 3. The minimum absolute atomic E-state index is 0.114. The number of thiazole rings is 1. The van der Waals surface area contributed by atoms with Gasteiger partial charge in [0.15, 0.2) is 16.6 Å². The van der Waals surface area contributed by atoms with Gasteiger partial charge in [-0.1, -0.05) is 52.2 Å². The van der Waals surface area contributed by atoms with E-state index in [1.165, 1.54) is 16.2 Å². The van der Waals surface area contributed by atoms with Crippen LogP contribution in [0.5, 0.6) is 11.5 Å². The molecule has 1 N–H and O–H groups in total. The van der Waals surface area contributed by atoms with Crippen molar-refractivity contribution >= 4 is 78.9 Å². The van der Waals surface area contributed by atoms with E-state index in [4.69, 9.17) is 44.3 Å². The summed E-state index contributed by atoms with van der Waals surface area (Å²) in [6.45, 7) is 0.765. The number of carbonyl (C=O) groups excluding carboxylic acids is 2. The van der Waals surface area contributed by atoms with Gasteiger partial charge in [0, 0.05) is 10.6 Å². The van der Waals surface area contributed by atoms with Crippen LogP contribution >= 0.6 is 46.1 Å². The van der Waals surface area contributed by atoms with Crippen LogP contribution in [0.3, 0.4) is 0 Å². The third-order valence-corrected chi connectivity index (χ3v) is 8.06. The summed E-state index contributed by atoms with van der Waals surface area (Å²) < 4.78 is 11.9. The summed E-state index contributed by atoms with van der Waals surface area (Å²) in [5, 5.41) is 12.7. The highest BCUT2D eigenvalue weighted by Gasteiger charge is 2.48. The second-order valence-corrected chi connectivity index (χ2v) is 10.6. The van der Waals surface area contributed by atoms with Crippen molar-refractivity contribution in [2.75, 3.05) is 18.1 Å². The number of ether oxygens (including phenoxy) is 2. The molecule has 37 heavy (non-hydrogen) atoms. The number of hydrogen-bond acceptors (Lipinski definition) is 7. The first-order valence-corrected chi connectivity index (χ1v) is 13.0. The Morgan fingerprint density at radius 2 is 1.73 bits per heavy atom. The van der Waals surface area contributed by atoms with Crippen LogP contribution in [-0.4, -0.2) is 35.0 Å². The smallest absolute Gasteiger partial charge is 0.301 e. The van der Waals surface area contributed by atoms with Gasteiger partial charge in [-0.25, -0.2) is 4.98 Å². The molecule has 1 amide bonds. The lowest BCUT2D eigenvalue weighted by molar-refractivity contribution is -0.132. The highest BCUT2D eigenvalue weighted by atomic mass is 35.5. The van der Waals surface area contributed by atoms with Crippen molar-refractivity contribution in [3.8, 4) is 11.5 Å². The highest BCUT2D eigenvalue weighted by Crippen LogP contribution is 2.46. The SMILES string of the molecule is O=C1C(=O)N(c2nc3ccc(Cl)cc3s2)C(c2ccc(Cl)c(Cl)c2)/C1=C(\O)c1ccc2c(c1)OCCO2. The Morgan fingerprint density at radius 3 is 2.51 bits per heavy atom. The molecule has 1 fully saturated rings. The number of nitrogens with zero attached hydrogens (tertiary/aromatic N) is 2. The molecule has 0 aliphatic carbocycles. The normalized spacial score (nSPS) is 18.6. The third-order valence-electron chi connectivity index (χ3n) is 6.06. The number of anilines is 1. The number of Topliss-reactive ketones (excluding diaryl/α,β-unsaturated/α-hetero) is 1. The van der Waals surface area contributed by atoms with Gasteiger partial charge in [0.1, 0.15) is 19.0 Å². The first-order valence-electron chi connectivity index (χ1n) is 11.0. The molecule has 2 aliphatic heterocycles. The van der Waals surface area contributed by atoms with Crippen molar-refractivity contribution < 1.29 is 24.2 Å². The van der Waals surface area contributed by atoms with Gasteiger partial charge in [-0.3, -0.25) is 14.5 Å². The standard InChI is InChI=1S/C26H15Cl3N2O5S/c27-14-3-5-17-20(11-14)37-26(30-17)31-22(12-1-4-15(28)16(29)9-12)21(24(33)25(31)34)23(32)13-2-6-18-19(10-13)36-8-7-35-18/h1-6,9-11,22,32H,7-8H2/b23-21+. The van der Waals surface area contributed by atoms with Crippen molar-refractivity contribution in [3.05, 3.63) is 86.4 Å². The Hall–Kier alpha value is -3.30. The van der Waals surface area contributed by atoms with Crippen molar-refractivity contribution in [3.63, 3.8) is 0 Å². The molecule has 0 saturated carbocycles. The Balaban J connectivity index is 1.55. The van der Waals surface area contributed by atoms with Crippen LogP contribution < -0.4 is 14.4 Å². The molecule has 3 aromatic carbocycles. The van der Waals surface area contributed by atoms with E-state index < -0.39 is 17.7 Å². The van der Waals surface area contributed by atoms with Crippen molar-refractivity contribution in [2.45, 2.75) is 6.04 Å². The molecule has 0 bridgehead atoms. The van der Waals surface area contributed by atoms with E-state index in [1.54, 1.807) is 54.6 Å². The number of carbonyl (C=O) groups is 2. The molecular weight excluding hydrogens is 559 g/mol. The number of aromatic nitrogens is 1. The molecule has 1 saturated heterocycles. The van der Waals surface area contributed by atoms with Crippen molar-refractivity contribution in [2.24, 2.45) is 0 Å². The van der Waals surface area contributed by atoms with E-state index in [-0.39, 0.29) is 21.5 Å². The number of benzene rings is 3. The third kappa shape index (κ3) is 4.10. The van der Waals surface area contributed by atoms with E-state index in [9.17, 15) is 14.7 Å². The van der Waals surface area contributed by atoms with Crippen LogP contribution in [0, 0.1) is 0 Å². The van der Waals surface area contributed by atoms with E-state index in [1.807, 2.05) is 0 Å². The van der Waals surface area contributed by atoms with Crippen molar-refractivity contribution in [1.29, 1.82) is 0 Å². The predicted molar refractivity (Wildman–Crippen MR) is 143 cm³/mol. The largest absolute Gasteiger partial charge is 0.507 e. The number of aliphatic hydroxyl groups is 1. The number of ketones is 1. The molecule has 2 aliphatic rings. The van der Waals surface area contributed by atoms with Crippen LogP contribution in [-0.2, 0) is 9.59 Å². The monoisotopic (exact) mass is 572 g/mol. The lowest BCUT2D eigenvalue weighted by atomic mass is 9.95. The average molecular weight is 574 g/mol. The maximum absolute atomic E-state index is 13.4. The molecular formula is C26H15Cl3N2O5S. The maximum Gasteiger partial charge on any atom is 0.301 e. The van der Waals surface area contributed by atoms with Gasteiger partial charge in [0.05, 0.1) is 31.9 Å². The van der Waals surface area contributed by atoms with Gasteiger partial charge < -0.3 is 14.6 Å². The Bertz CT molecular complexity index is 1650. The minimum Gasteiger partial charge on any atom is -0.507 e. The molecule has 0 radical (unpaired) electrons. The Kier molecular flexibility index (Phi) is 6.00. The summed E-state index contributed by atoms with van der Waals surface area (Å²) in [6, 6.07) is 13.7. The van der Waals surface area contributed by atoms with Crippen LogP contribution in [0.25, 0.3) is 16.0 Å².